The lowest BCUT2D eigenvalue weighted by atomic mass is 10.0. The van der Waals surface area contributed by atoms with Gasteiger partial charge < -0.3 is 10.4 Å². The van der Waals surface area contributed by atoms with Crippen LogP contribution in [0, 0.1) is 0 Å². The minimum atomic E-state index is -4.52. The first-order valence-corrected chi connectivity index (χ1v) is 5.43. The highest BCUT2D eigenvalue weighted by Gasteiger charge is 2.34. The summed E-state index contributed by atoms with van der Waals surface area (Å²) in [5, 5.41) is 10.9. The monoisotopic (exact) mass is 261 g/mol. The Kier molecular flexibility index (Phi) is 4.72. The van der Waals surface area contributed by atoms with Gasteiger partial charge in [-0.05, 0) is 24.5 Å². The van der Waals surface area contributed by atoms with E-state index in [-0.39, 0.29) is 18.7 Å². The molecule has 0 aliphatic rings. The van der Waals surface area contributed by atoms with E-state index in [1.165, 1.54) is 12.1 Å². The molecule has 18 heavy (non-hydrogen) atoms. The molecule has 1 aromatic rings. The van der Waals surface area contributed by atoms with Gasteiger partial charge in [0, 0.05) is 13.5 Å². The van der Waals surface area contributed by atoms with Crippen LogP contribution in [0.2, 0.25) is 0 Å². The van der Waals surface area contributed by atoms with E-state index < -0.39 is 17.6 Å². The fourth-order valence-corrected chi connectivity index (χ4v) is 1.64. The highest BCUT2D eigenvalue weighted by Crippen LogP contribution is 2.37. The van der Waals surface area contributed by atoms with Gasteiger partial charge >= 0.3 is 6.18 Å². The lowest BCUT2D eigenvalue weighted by Gasteiger charge is -2.16. The van der Waals surface area contributed by atoms with Crippen LogP contribution in [0.25, 0.3) is 0 Å². The first-order chi connectivity index (χ1) is 8.36. The highest BCUT2D eigenvalue weighted by molar-refractivity contribution is 5.90. The first kappa shape index (κ1) is 14.5. The minimum Gasteiger partial charge on any atom is -0.396 e. The van der Waals surface area contributed by atoms with E-state index in [1.54, 1.807) is 0 Å². The van der Waals surface area contributed by atoms with E-state index in [9.17, 15) is 18.0 Å². The molecule has 0 heterocycles. The van der Waals surface area contributed by atoms with E-state index >= 15 is 0 Å². The van der Waals surface area contributed by atoms with Crippen molar-refractivity contribution in [2.24, 2.45) is 0 Å². The Bertz CT molecular complexity index is 430. The van der Waals surface area contributed by atoms with Crippen LogP contribution < -0.4 is 5.32 Å². The topological polar surface area (TPSA) is 49.3 Å². The summed E-state index contributed by atoms with van der Waals surface area (Å²) in [6.45, 7) is 1.04. The van der Waals surface area contributed by atoms with Gasteiger partial charge in [-0.15, -0.1) is 0 Å². The summed E-state index contributed by atoms with van der Waals surface area (Å²) in [4.78, 5) is 11.0. The highest BCUT2D eigenvalue weighted by atomic mass is 19.4. The third kappa shape index (κ3) is 3.73. The number of aliphatic hydroxyl groups is 1. The predicted octanol–water partition coefficient (Wildman–Crippen LogP) is 2.59. The van der Waals surface area contributed by atoms with Gasteiger partial charge in [0.25, 0.3) is 0 Å². The standard InChI is InChI=1S/C12H14F3NO2/c1-8(18)16-11-9(5-3-7-17)4-2-6-10(11)12(13,14)15/h2,4,6,17H,3,5,7H2,1H3,(H,16,18). The molecule has 3 nitrogen and oxygen atoms in total. The molecule has 0 aromatic heterocycles. The van der Waals surface area contributed by atoms with E-state index in [1.807, 2.05) is 0 Å². The maximum atomic E-state index is 12.8. The zero-order chi connectivity index (χ0) is 13.8. The Hall–Kier alpha value is -1.56. The van der Waals surface area contributed by atoms with E-state index in [0.717, 1.165) is 13.0 Å². The summed E-state index contributed by atoms with van der Waals surface area (Å²) in [5.41, 5.74) is -0.715. The number of hydrogen-bond donors (Lipinski definition) is 2. The van der Waals surface area contributed by atoms with Crippen molar-refractivity contribution in [3.63, 3.8) is 0 Å². The molecule has 6 heteroatoms. The fraction of sp³-hybridized carbons (Fsp3) is 0.417. The van der Waals surface area contributed by atoms with Gasteiger partial charge in [-0.3, -0.25) is 4.79 Å². The molecule has 0 saturated carbocycles. The lowest BCUT2D eigenvalue weighted by Crippen LogP contribution is -2.16. The van der Waals surface area contributed by atoms with Crippen molar-refractivity contribution in [1.29, 1.82) is 0 Å². The van der Waals surface area contributed by atoms with Crippen LogP contribution in [-0.4, -0.2) is 17.6 Å². The summed E-state index contributed by atoms with van der Waals surface area (Å²) in [5.74, 6) is -0.558. The molecule has 1 aromatic carbocycles. The molecule has 0 aliphatic heterocycles. The van der Waals surface area contributed by atoms with Crippen LogP contribution in [0.15, 0.2) is 18.2 Å². The van der Waals surface area contributed by atoms with Crippen molar-refractivity contribution in [1.82, 2.24) is 0 Å². The number of para-hydroxylation sites is 1. The Balaban J connectivity index is 3.21. The number of carbonyl (C=O) groups is 1. The fourth-order valence-electron chi connectivity index (χ4n) is 1.64. The second-order valence-electron chi connectivity index (χ2n) is 3.85. The molecule has 0 fully saturated rings. The minimum absolute atomic E-state index is 0.115. The number of benzene rings is 1. The maximum Gasteiger partial charge on any atom is 0.418 e. The first-order valence-electron chi connectivity index (χ1n) is 5.43. The number of hydrogen-bond acceptors (Lipinski definition) is 2. The van der Waals surface area contributed by atoms with Crippen molar-refractivity contribution in [2.75, 3.05) is 11.9 Å². The van der Waals surface area contributed by atoms with Crippen molar-refractivity contribution < 1.29 is 23.1 Å². The van der Waals surface area contributed by atoms with Gasteiger partial charge in [0.15, 0.2) is 0 Å². The normalized spacial score (nSPS) is 11.4. The molecule has 100 valence electrons. The smallest absolute Gasteiger partial charge is 0.396 e. The van der Waals surface area contributed by atoms with Crippen LogP contribution >= 0.6 is 0 Å². The number of anilines is 1. The zero-order valence-electron chi connectivity index (χ0n) is 9.84. The number of alkyl halides is 3. The molecule has 2 N–H and O–H groups in total. The van der Waals surface area contributed by atoms with Crippen molar-refractivity contribution in [3.8, 4) is 0 Å². The molecule has 1 amide bonds. The molecule has 0 bridgehead atoms. The second-order valence-corrected chi connectivity index (χ2v) is 3.85. The molecule has 0 spiro atoms. The Morgan fingerprint density at radius 2 is 2.06 bits per heavy atom. The number of halogens is 3. The number of rotatable bonds is 4. The molecule has 0 aliphatic carbocycles. The van der Waals surface area contributed by atoms with E-state index in [2.05, 4.69) is 5.32 Å². The average Bonchev–Trinajstić information content (AvgIpc) is 2.25. The molecule has 0 saturated heterocycles. The predicted molar refractivity (Wildman–Crippen MR) is 61.2 cm³/mol. The Morgan fingerprint density at radius 1 is 1.39 bits per heavy atom. The van der Waals surface area contributed by atoms with Crippen molar-refractivity contribution >= 4 is 11.6 Å². The molecule has 0 unspecified atom stereocenters. The Morgan fingerprint density at radius 3 is 2.56 bits per heavy atom. The lowest BCUT2D eigenvalue weighted by molar-refractivity contribution is -0.137. The third-order valence-corrected chi connectivity index (χ3v) is 2.36. The number of amides is 1. The largest absolute Gasteiger partial charge is 0.418 e. The maximum absolute atomic E-state index is 12.8. The third-order valence-electron chi connectivity index (χ3n) is 2.36. The molecule has 0 radical (unpaired) electrons. The number of aliphatic hydroxyl groups excluding tert-OH is 1. The van der Waals surface area contributed by atoms with Gasteiger partial charge in [-0.2, -0.15) is 13.2 Å². The van der Waals surface area contributed by atoms with Gasteiger partial charge in [0.1, 0.15) is 0 Å². The zero-order valence-corrected chi connectivity index (χ0v) is 9.84. The Labute approximate surface area is 103 Å². The SMILES string of the molecule is CC(=O)Nc1c(CCCO)cccc1C(F)(F)F. The van der Waals surface area contributed by atoms with E-state index in [4.69, 9.17) is 5.11 Å². The summed E-state index contributed by atoms with van der Waals surface area (Å²) in [6, 6.07) is 3.73. The summed E-state index contributed by atoms with van der Waals surface area (Å²) >= 11 is 0. The van der Waals surface area contributed by atoms with Crippen molar-refractivity contribution in [2.45, 2.75) is 25.9 Å². The summed E-state index contributed by atoms with van der Waals surface area (Å²) in [6.07, 6.45) is -3.91. The van der Waals surface area contributed by atoms with Crippen molar-refractivity contribution in [3.05, 3.63) is 29.3 Å². The van der Waals surface area contributed by atoms with Crippen LogP contribution in [0.3, 0.4) is 0 Å². The molecule has 1 rings (SSSR count). The van der Waals surface area contributed by atoms with E-state index in [0.29, 0.717) is 12.0 Å². The average molecular weight is 261 g/mol. The summed E-state index contributed by atoms with van der Waals surface area (Å²) < 4.78 is 38.4. The molecular weight excluding hydrogens is 247 g/mol. The number of aryl methyl sites for hydroxylation is 1. The van der Waals surface area contributed by atoms with Gasteiger partial charge in [-0.25, -0.2) is 0 Å². The van der Waals surface area contributed by atoms with Crippen LogP contribution in [0.4, 0.5) is 18.9 Å². The van der Waals surface area contributed by atoms with Gasteiger partial charge in [0.05, 0.1) is 11.3 Å². The number of nitrogens with one attached hydrogen (secondary N) is 1. The van der Waals surface area contributed by atoms with Crippen LogP contribution in [-0.2, 0) is 17.4 Å². The van der Waals surface area contributed by atoms with Gasteiger partial charge in [0.2, 0.25) is 5.91 Å². The summed E-state index contributed by atoms with van der Waals surface area (Å²) in [7, 11) is 0. The molecular formula is C12H14F3NO2. The molecule has 0 atom stereocenters. The van der Waals surface area contributed by atoms with Crippen LogP contribution in [0.5, 0.6) is 0 Å². The quantitative estimate of drug-likeness (QED) is 0.875. The van der Waals surface area contributed by atoms with Crippen LogP contribution in [0.1, 0.15) is 24.5 Å². The van der Waals surface area contributed by atoms with Gasteiger partial charge in [-0.1, -0.05) is 12.1 Å². The number of carbonyl (C=O) groups excluding carboxylic acids is 1. The second kappa shape index (κ2) is 5.86.